The van der Waals surface area contributed by atoms with Gasteiger partial charge in [0.15, 0.2) is 6.61 Å². The number of nitrogens with zero attached hydrogens (tertiary/aromatic N) is 2. The molecule has 0 spiro atoms. The summed E-state index contributed by atoms with van der Waals surface area (Å²) in [6.07, 6.45) is 2.81. The highest BCUT2D eigenvalue weighted by Gasteiger charge is 2.07. The van der Waals surface area contributed by atoms with Gasteiger partial charge in [-0.2, -0.15) is 5.10 Å². The van der Waals surface area contributed by atoms with Crippen LogP contribution in [0.3, 0.4) is 0 Å². The molecule has 2 N–H and O–H groups in total. The van der Waals surface area contributed by atoms with Gasteiger partial charge in [-0.3, -0.25) is 14.3 Å². The third-order valence-corrected chi connectivity index (χ3v) is 2.93. The number of rotatable bonds is 6. The van der Waals surface area contributed by atoms with E-state index in [0.717, 1.165) is 4.47 Å². The molecule has 8 heteroatoms. The summed E-state index contributed by atoms with van der Waals surface area (Å²) >= 11 is 3.30. The summed E-state index contributed by atoms with van der Waals surface area (Å²) in [5, 5.41) is 15.0. The minimum Gasteiger partial charge on any atom is -0.484 e. The Morgan fingerprint density at radius 1 is 1.33 bits per heavy atom. The molecule has 1 amide bonds. The predicted octanol–water partition coefficient (Wildman–Crippen LogP) is 1.75. The molecule has 2 aromatic rings. The Labute approximate surface area is 128 Å². The van der Waals surface area contributed by atoms with E-state index < -0.39 is 5.97 Å². The number of amides is 1. The average Bonchev–Trinajstić information content (AvgIpc) is 2.84. The molecule has 0 unspecified atom stereocenters. The molecule has 0 atom stereocenters. The Hall–Kier alpha value is -2.35. The van der Waals surface area contributed by atoms with E-state index in [1.807, 2.05) is 12.1 Å². The van der Waals surface area contributed by atoms with Crippen LogP contribution in [0.4, 0.5) is 5.69 Å². The van der Waals surface area contributed by atoms with E-state index in [0.29, 0.717) is 11.4 Å². The molecule has 21 heavy (non-hydrogen) atoms. The van der Waals surface area contributed by atoms with Gasteiger partial charge >= 0.3 is 5.97 Å². The minimum atomic E-state index is -1.01. The van der Waals surface area contributed by atoms with Gasteiger partial charge in [-0.1, -0.05) is 15.9 Å². The lowest BCUT2D eigenvalue weighted by molar-refractivity contribution is -0.137. The van der Waals surface area contributed by atoms with Crippen molar-refractivity contribution >= 4 is 33.5 Å². The maximum Gasteiger partial charge on any atom is 0.325 e. The second-order valence-electron chi connectivity index (χ2n) is 4.11. The van der Waals surface area contributed by atoms with Gasteiger partial charge < -0.3 is 15.2 Å². The number of nitrogens with one attached hydrogen (secondary N) is 1. The number of ether oxygens (including phenoxy) is 1. The number of carboxylic acids is 1. The number of aliphatic carboxylic acids is 1. The Kier molecular flexibility index (Phi) is 4.94. The van der Waals surface area contributed by atoms with Crippen LogP contribution in [-0.4, -0.2) is 33.4 Å². The minimum absolute atomic E-state index is 0.147. The zero-order chi connectivity index (χ0) is 15.2. The fourth-order valence-electron chi connectivity index (χ4n) is 1.53. The first kappa shape index (κ1) is 15.0. The van der Waals surface area contributed by atoms with Crippen molar-refractivity contribution in [1.29, 1.82) is 0 Å². The summed E-state index contributed by atoms with van der Waals surface area (Å²) < 4.78 is 7.45. The zero-order valence-electron chi connectivity index (χ0n) is 10.8. The number of aromatic nitrogens is 2. The van der Waals surface area contributed by atoms with E-state index in [9.17, 15) is 9.59 Å². The van der Waals surface area contributed by atoms with Crippen LogP contribution in [0.2, 0.25) is 0 Å². The molecule has 0 fully saturated rings. The summed E-state index contributed by atoms with van der Waals surface area (Å²) in [7, 11) is 0. The third-order valence-electron chi connectivity index (χ3n) is 2.40. The molecule has 1 aromatic carbocycles. The van der Waals surface area contributed by atoms with Crippen LogP contribution in [0.25, 0.3) is 0 Å². The fourth-order valence-corrected chi connectivity index (χ4v) is 1.79. The first-order valence-electron chi connectivity index (χ1n) is 5.95. The Morgan fingerprint density at radius 3 is 2.71 bits per heavy atom. The topological polar surface area (TPSA) is 93.5 Å². The van der Waals surface area contributed by atoms with Gasteiger partial charge in [0.25, 0.3) is 5.91 Å². The van der Waals surface area contributed by atoms with Crippen molar-refractivity contribution in [2.75, 3.05) is 11.9 Å². The molecule has 1 heterocycles. The quantitative estimate of drug-likeness (QED) is 0.824. The normalized spacial score (nSPS) is 10.1. The van der Waals surface area contributed by atoms with E-state index in [1.54, 1.807) is 12.1 Å². The van der Waals surface area contributed by atoms with Gasteiger partial charge in [0, 0.05) is 10.7 Å². The third kappa shape index (κ3) is 4.92. The highest BCUT2D eigenvalue weighted by Crippen LogP contribution is 2.16. The maximum absolute atomic E-state index is 11.7. The Bertz CT molecular complexity index is 639. The number of carboxylic acid groups (broad SMARTS) is 1. The maximum atomic E-state index is 11.7. The number of hydrogen-bond acceptors (Lipinski definition) is 4. The molecule has 110 valence electrons. The van der Waals surface area contributed by atoms with Gasteiger partial charge in [-0.25, -0.2) is 0 Å². The van der Waals surface area contributed by atoms with E-state index in [1.165, 1.54) is 17.1 Å². The Morgan fingerprint density at radius 2 is 2.05 bits per heavy atom. The van der Waals surface area contributed by atoms with Gasteiger partial charge in [-0.15, -0.1) is 0 Å². The Balaban J connectivity index is 1.82. The largest absolute Gasteiger partial charge is 0.484 e. The summed E-state index contributed by atoms with van der Waals surface area (Å²) in [4.78, 5) is 22.2. The SMILES string of the molecule is O=C(O)Cn1cc(NC(=O)COc2ccc(Br)cc2)cn1. The number of halogens is 1. The molecule has 1 aromatic heterocycles. The molecule has 0 aliphatic carbocycles. The van der Waals surface area contributed by atoms with Gasteiger partial charge in [-0.05, 0) is 24.3 Å². The van der Waals surface area contributed by atoms with Crippen molar-refractivity contribution in [2.45, 2.75) is 6.54 Å². The van der Waals surface area contributed by atoms with Gasteiger partial charge in [0.05, 0.1) is 11.9 Å². The number of hydrogen-bond donors (Lipinski definition) is 2. The fraction of sp³-hybridized carbons (Fsp3) is 0.154. The number of anilines is 1. The average molecular weight is 354 g/mol. The molecule has 0 bridgehead atoms. The second kappa shape index (κ2) is 6.89. The van der Waals surface area contributed by atoms with Gasteiger partial charge in [0.1, 0.15) is 12.3 Å². The number of benzene rings is 1. The summed E-state index contributed by atoms with van der Waals surface area (Å²) in [5.74, 6) is -0.780. The van der Waals surface area contributed by atoms with Crippen molar-refractivity contribution in [3.05, 3.63) is 41.1 Å². The smallest absolute Gasteiger partial charge is 0.325 e. The zero-order valence-corrected chi connectivity index (χ0v) is 12.4. The van der Waals surface area contributed by atoms with Crippen molar-refractivity contribution in [1.82, 2.24) is 9.78 Å². The lowest BCUT2D eigenvalue weighted by Gasteiger charge is -2.06. The van der Waals surface area contributed by atoms with Crippen LogP contribution in [-0.2, 0) is 16.1 Å². The first-order chi connectivity index (χ1) is 10.0. The van der Waals surface area contributed by atoms with Gasteiger partial charge in [0.2, 0.25) is 0 Å². The van der Waals surface area contributed by atoms with Crippen molar-refractivity contribution in [3.8, 4) is 5.75 Å². The monoisotopic (exact) mass is 353 g/mol. The first-order valence-corrected chi connectivity index (χ1v) is 6.75. The van der Waals surface area contributed by atoms with E-state index in [4.69, 9.17) is 9.84 Å². The van der Waals surface area contributed by atoms with Crippen LogP contribution in [0, 0.1) is 0 Å². The molecular formula is C13H12BrN3O4. The lowest BCUT2D eigenvalue weighted by atomic mass is 10.3. The van der Waals surface area contributed by atoms with Crippen molar-refractivity contribution in [3.63, 3.8) is 0 Å². The molecule has 0 saturated carbocycles. The second-order valence-corrected chi connectivity index (χ2v) is 5.03. The van der Waals surface area contributed by atoms with Crippen LogP contribution in [0.15, 0.2) is 41.1 Å². The van der Waals surface area contributed by atoms with Crippen molar-refractivity contribution in [2.24, 2.45) is 0 Å². The number of carbonyl (C=O) groups is 2. The number of carbonyl (C=O) groups excluding carboxylic acids is 1. The molecule has 0 saturated heterocycles. The molecule has 7 nitrogen and oxygen atoms in total. The predicted molar refractivity (Wildman–Crippen MR) is 78.1 cm³/mol. The molecular weight excluding hydrogens is 342 g/mol. The van der Waals surface area contributed by atoms with Crippen LogP contribution >= 0.6 is 15.9 Å². The summed E-state index contributed by atoms with van der Waals surface area (Å²) in [6, 6.07) is 7.09. The van der Waals surface area contributed by atoms with Crippen molar-refractivity contribution < 1.29 is 19.4 Å². The van der Waals surface area contributed by atoms with Crippen LogP contribution < -0.4 is 10.1 Å². The molecule has 2 rings (SSSR count). The van der Waals surface area contributed by atoms with Crippen LogP contribution in [0.1, 0.15) is 0 Å². The molecule has 0 aliphatic rings. The molecule has 0 aliphatic heterocycles. The van der Waals surface area contributed by atoms with E-state index in [-0.39, 0.29) is 19.1 Å². The summed E-state index contributed by atoms with van der Waals surface area (Å²) in [5.41, 5.74) is 0.417. The van der Waals surface area contributed by atoms with E-state index in [2.05, 4.69) is 26.3 Å². The highest BCUT2D eigenvalue weighted by molar-refractivity contribution is 9.10. The summed E-state index contributed by atoms with van der Waals surface area (Å²) in [6.45, 7) is -0.406. The standard InChI is InChI=1S/C13H12BrN3O4/c14-9-1-3-11(4-2-9)21-8-12(18)16-10-5-15-17(6-10)7-13(19)20/h1-6H,7-8H2,(H,16,18)(H,19,20). The highest BCUT2D eigenvalue weighted by atomic mass is 79.9. The van der Waals surface area contributed by atoms with E-state index >= 15 is 0 Å². The van der Waals surface area contributed by atoms with Crippen LogP contribution in [0.5, 0.6) is 5.75 Å². The molecule has 0 radical (unpaired) electrons. The lowest BCUT2D eigenvalue weighted by Crippen LogP contribution is -2.19.